The number of carbonyl (C=O) groups is 1. The number of carbonyl (C=O) groups excluding carboxylic acids is 1. The third-order valence-electron chi connectivity index (χ3n) is 1.19. The van der Waals surface area contributed by atoms with Crippen LogP contribution in [0.2, 0.25) is 0 Å². The van der Waals surface area contributed by atoms with Gasteiger partial charge in [0.25, 0.3) is 5.09 Å². The van der Waals surface area contributed by atoms with Gasteiger partial charge in [0.05, 0.1) is 0 Å². The maximum absolute atomic E-state index is 10.3. The van der Waals surface area contributed by atoms with Gasteiger partial charge in [0.15, 0.2) is 5.03 Å². The number of rotatable bonds is 7. The molecular weight excluding hydrogens is 214 g/mol. The van der Waals surface area contributed by atoms with E-state index < -0.39 is 29.4 Å². The summed E-state index contributed by atoms with van der Waals surface area (Å²) >= 11 is 0. The van der Waals surface area contributed by atoms with Crippen molar-refractivity contribution in [2.45, 2.75) is 6.92 Å². The van der Waals surface area contributed by atoms with Crippen LogP contribution in [0.4, 0.5) is 0 Å². The molecule has 0 amide bonds. The van der Waals surface area contributed by atoms with Crippen molar-refractivity contribution in [2.24, 2.45) is 0 Å². The van der Waals surface area contributed by atoms with Crippen LogP contribution in [0, 0.1) is 20.2 Å². The van der Waals surface area contributed by atoms with Gasteiger partial charge in [-0.3, -0.25) is 4.79 Å². The number of hydrazine groups is 1. The maximum atomic E-state index is 10.3. The molecule has 0 spiro atoms. The average Bonchev–Trinajstić information content (AvgIpc) is 2.09. The zero-order chi connectivity index (χ0) is 11.8. The monoisotopic (exact) mass is 223 g/mol. The molecule has 0 aliphatic carbocycles. The Morgan fingerprint density at radius 3 is 2.40 bits per heavy atom. The molecule has 0 saturated heterocycles. The molecule has 10 heteroatoms. The minimum Gasteiger partial charge on any atom is -0.439 e. The van der Waals surface area contributed by atoms with Gasteiger partial charge in [0.1, 0.15) is 13.2 Å². The second-order valence-corrected chi connectivity index (χ2v) is 2.29. The molecule has 0 saturated carbocycles. The summed E-state index contributed by atoms with van der Waals surface area (Å²) in [4.78, 5) is 34.2. The van der Waals surface area contributed by atoms with Gasteiger partial charge >= 0.3 is 5.97 Å². The summed E-state index contributed by atoms with van der Waals surface area (Å²) < 4.78 is 4.34. The van der Waals surface area contributed by atoms with Gasteiger partial charge in [-0.25, -0.2) is 10.1 Å². The molecule has 0 radical (unpaired) electrons. The van der Waals surface area contributed by atoms with Crippen LogP contribution in [-0.2, 0) is 14.4 Å². The molecule has 15 heavy (non-hydrogen) atoms. The van der Waals surface area contributed by atoms with E-state index in [0.29, 0.717) is 5.01 Å². The van der Waals surface area contributed by atoms with Crippen LogP contribution in [0.25, 0.3) is 0 Å². The van der Waals surface area contributed by atoms with E-state index in [9.17, 15) is 25.0 Å². The predicted molar refractivity (Wildman–Crippen MR) is 43.3 cm³/mol. The van der Waals surface area contributed by atoms with Crippen LogP contribution in [0.3, 0.4) is 0 Å². The first-order valence-electron chi connectivity index (χ1n) is 3.73. The zero-order valence-corrected chi connectivity index (χ0v) is 7.82. The Morgan fingerprint density at radius 1 is 1.40 bits per heavy atom. The molecule has 0 heterocycles. The summed E-state index contributed by atoms with van der Waals surface area (Å²) in [5.74, 6) is -0.683. The fourth-order valence-electron chi connectivity index (χ4n) is 0.579. The van der Waals surface area contributed by atoms with Crippen molar-refractivity contribution in [3.8, 4) is 0 Å². The fourth-order valence-corrected chi connectivity index (χ4v) is 0.579. The number of nitro groups is 1. The van der Waals surface area contributed by atoms with Crippen LogP contribution in [-0.4, -0.2) is 41.0 Å². The Balaban J connectivity index is 3.88. The van der Waals surface area contributed by atoms with Crippen LogP contribution < -0.4 is 0 Å². The smallest absolute Gasteiger partial charge is 0.304 e. The SMILES string of the molecule is CC(=O)OCN(CCO[N+](=O)[O-])[N+](=O)[O-]. The molecule has 0 bridgehead atoms. The highest BCUT2D eigenvalue weighted by atomic mass is 16.9. The van der Waals surface area contributed by atoms with Crippen molar-refractivity contribution in [1.82, 2.24) is 5.01 Å². The number of esters is 1. The summed E-state index contributed by atoms with van der Waals surface area (Å²) in [7, 11) is 0. The summed E-state index contributed by atoms with van der Waals surface area (Å²) in [6.45, 7) is -0.328. The Labute approximate surface area is 83.6 Å². The van der Waals surface area contributed by atoms with Crippen LogP contribution in [0.15, 0.2) is 0 Å². The van der Waals surface area contributed by atoms with Gasteiger partial charge in [-0.1, -0.05) is 5.01 Å². The minimum absolute atomic E-state index is 0.360. The first kappa shape index (κ1) is 12.9. The van der Waals surface area contributed by atoms with Crippen LogP contribution >= 0.6 is 0 Å². The highest BCUT2D eigenvalue weighted by Gasteiger charge is 2.15. The molecule has 86 valence electrons. The van der Waals surface area contributed by atoms with E-state index in [1.54, 1.807) is 0 Å². The number of hydrogen-bond acceptors (Lipinski definition) is 7. The lowest BCUT2D eigenvalue weighted by atomic mass is 10.7. The fraction of sp³-hybridized carbons (Fsp3) is 0.800. The van der Waals surface area contributed by atoms with Crippen LogP contribution in [0.1, 0.15) is 6.92 Å². The van der Waals surface area contributed by atoms with Crippen LogP contribution in [0.5, 0.6) is 0 Å². The molecule has 0 aliphatic rings. The molecule has 0 atom stereocenters. The molecule has 0 fully saturated rings. The van der Waals surface area contributed by atoms with Gasteiger partial charge in [0.2, 0.25) is 6.73 Å². The molecule has 0 aromatic carbocycles. The van der Waals surface area contributed by atoms with E-state index in [2.05, 4.69) is 9.57 Å². The van der Waals surface area contributed by atoms with Gasteiger partial charge in [-0.2, -0.15) is 0 Å². The summed E-state index contributed by atoms with van der Waals surface area (Å²) in [5, 5.41) is 18.6. The van der Waals surface area contributed by atoms with E-state index in [0.717, 1.165) is 6.92 Å². The highest BCUT2D eigenvalue weighted by molar-refractivity contribution is 5.65. The Morgan fingerprint density at radius 2 is 2.00 bits per heavy atom. The van der Waals surface area contributed by atoms with E-state index in [-0.39, 0.29) is 6.54 Å². The third kappa shape index (κ3) is 6.98. The Hall–Kier alpha value is -2.13. The summed E-state index contributed by atoms with van der Waals surface area (Å²) in [6, 6.07) is 0. The largest absolute Gasteiger partial charge is 0.439 e. The number of ether oxygens (including phenoxy) is 1. The quantitative estimate of drug-likeness (QED) is 0.238. The second-order valence-electron chi connectivity index (χ2n) is 2.29. The molecule has 0 N–H and O–H groups in total. The van der Waals surface area contributed by atoms with E-state index in [1.807, 2.05) is 0 Å². The standard InChI is InChI=1S/C5H9N3O7/c1-5(9)14-4-6(7(10)11)2-3-15-8(12)13/h2-4H2,1H3. The molecule has 0 rings (SSSR count). The highest BCUT2D eigenvalue weighted by Crippen LogP contribution is 1.91. The van der Waals surface area contributed by atoms with Crippen molar-refractivity contribution >= 4 is 5.97 Å². The summed E-state index contributed by atoms with van der Waals surface area (Å²) in [5.41, 5.74) is 0. The normalized spacial score (nSPS) is 9.13. The average molecular weight is 223 g/mol. The van der Waals surface area contributed by atoms with Gasteiger partial charge < -0.3 is 9.57 Å². The predicted octanol–water partition coefficient (Wildman–Crippen LogP) is -0.791. The van der Waals surface area contributed by atoms with Gasteiger partial charge in [-0.15, -0.1) is 10.1 Å². The van der Waals surface area contributed by atoms with E-state index in [1.165, 1.54) is 0 Å². The lowest BCUT2D eigenvalue weighted by molar-refractivity contribution is -0.761. The molecule has 0 aromatic rings. The Bertz CT molecular complexity index is 255. The Kier molecular flexibility index (Phi) is 5.44. The minimum atomic E-state index is -1.07. The lowest BCUT2D eigenvalue weighted by Gasteiger charge is -2.12. The van der Waals surface area contributed by atoms with Crippen molar-refractivity contribution in [1.29, 1.82) is 0 Å². The van der Waals surface area contributed by atoms with E-state index in [4.69, 9.17) is 0 Å². The number of hydrogen-bond donors (Lipinski definition) is 0. The molecule has 0 aliphatic heterocycles. The van der Waals surface area contributed by atoms with Gasteiger partial charge in [0, 0.05) is 6.92 Å². The molecule has 0 aromatic heterocycles. The van der Waals surface area contributed by atoms with E-state index >= 15 is 0 Å². The molecule has 0 unspecified atom stereocenters. The van der Waals surface area contributed by atoms with Gasteiger partial charge in [-0.05, 0) is 0 Å². The third-order valence-corrected chi connectivity index (χ3v) is 1.19. The van der Waals surface area contributed by atoms with Crippen molar-refractivity contribution in [3.63, 3.8) is 0 Å². The number of nitrogens with zero attached hydrogens (tertiary/aromatic N) is 3. The first-order valence-corrected chi connectivity index (χ1v) is 3.73. The zero-order valence-electron chi connectivity index (χ0n) is 7.82. The van der Waals surface area contributed by atoms with Crippen molar-refractivity contribution in [2.75, 3.05) is 19.9 Å². The van der Waals surface area contributed by atoms with Crippen molar-refractivity contribution < 1.29 is 24.5 Å². The molecule has 10 nitrogen and oxygen atoms in total. The molecular formula is C5H9N3O7. The summed E-state index contributed by atoms with van der Waals surface area (Å²) in [6.07, 6.45) is 0. The topological polar surface area (TPSA) is 125 Å². The van der Waals surface area contributed by atoms with Crippen molar-refractivity contribution in [3.05, 3.63) is 20.2 Å². The maximum Gasteiger partial charge on any atom is 0.304 e. The second kappa shape index (κ2) is 6.34. The first-order chi connectivity index (χ1) is 6.93. The lowest BCUT2D eigenvalue weighted by Crippen LogP contribution is -2.36.